The van der Waals surface area contributed by atoms with Gasteiger partial charge in [0.1, 0.15) is 11.5 Å². The van der Waals surface area contributed by atoms with E-state index in [0.717, 1.165) is 46.6 Å². The SMILES string of the molecule is O=S(c1ccc(O)c(C2CCCCC2)c1)c1ccc(O)c(C2CCCCC2)c1. The van der Waals surface area contributed by atoms with Crippen LogP contribution >= 0.6 is 0 Å². The summed E-state index contributed by atoms with van der Waals surface area (Å²) >= 11 is 0. The Balaban J connectivity index is 1.62. The van der Waals surface area contributed by atoms with Crippen molar-refractivity contribution in [1.29, 1.82) is 0 Å². The highest BCUT2D eigenvalue weighted by atomic mass is 32.2. The fourth-order valence-electron chi connectivity index (χ4n) is 4.91. The van der Waals surface area contributed by atoms with Gasteiger partial charge in [-0.1, -0.05) is 38.5 Å². The molecule has 2 aliphatic carbocycles. The van der Waals surface area contributed by atoms with Gasteiger partial charge in [-0.25, -0.2) is 4.21 Å². The lowest BCUT2D eigenvalue weighted by atomic mass is 9.84. The van der Waals surface area contributed by atoms with E-state index in [0.29, 0.717) is 23.3 Å². The minimum atomic E-state index is -1.31. The van der Waals surface area contributed by atoms with Gasteiger partial charge in [-0.15, -0.1) is 0 Å². The van der Waals surface area contributed by atoms with E-state index in [9.17, 15) is 14.4 Å². The van der Waals surface area contributed by atoms with Crippen molar-refractivity contribution in [3.05, 3.63) is 47.5 Å². The van der Waals surface area contributed by atoms with Crippen molar-refractivity contribution in [2.45, 2.75) is 85.8 Å². The number of benzene rings is 2. The minimum absolute atomic E-state index is 0.321. The number of hydrogen-bond donors (Lipinski definition) is 2. The number of phenolic OH excluding ortho intramolecular Hbond substituents is 2. The molecule has 0 saturated heterocycles. The Morgan fingerprint density at radius 3 is 1.43 bits per heavy atom. The molecule has 28 heavy (non-hydrogen) atoms. The van der Waals surface area contributed by atoms with Gasteiger partial charge in [0.2, 0.25) is 0 Å². The second kappa shape index (κ2) is 8.69. The predicted octanol–water partition coefficient (Wildman–Crippen LogP) is 6.36. The monoisotopic (exact) mass is 398 g/mol. The largest absolute Gasteiger partial charge is 0.508 e. The molecule has 2 aromatic rings. The van der Waals surface area contributed by atoms with Crippen LogP contribution in [0.25, 0.3) is 0 Å². The van der Waals surface area contributed by atoms with Crippen LogP contribution in [0.2, 0.25) is 0 Å². The van der Waals surface area contributed by atoms with Gasteiger partial charge in [0.05, 0.1) is 10.8 Å². The van der Waals surface area contributed by atoms with E-state index in [1.54, 1.807) is 24.3 Å². The van der Waals surface area contributed by atoms with Crippen LogP contribution in [0.5, 0.6) is 11.5 Å². The zero-order valence-corrected chi connectivity index (χ0v) is 17.2. The fourth-order valence-corrected chi connectivity index (χ4v) is 6.04. The van der Waals surface area contributed by atoms with Crippen LogP contribution in [0.3, 0.4) is 0 Å². The number of aromatic hydroxyl groups is 2. The first kappa shape index (κ1) is 19.5. The van der Waals surface area contributed by atoms with Crippen molar-refractivity contribution in [2.24, 2.45) is 0 Å². The molecule has 0 bridgehead atoms. The maximum Gasteiger partial charge on any atom is 0.119 e. The minimum Gasteiger partial charge on any atom is -0.508 e. The molecule has 3 nitrogen and oxygen atoms in total. The maximum absolute atomic E-state index is 13.3. The molecular weight excluding hydrogens is 368 g/mol. The van der Waals surface area contributed by atoms with Crippen molar-refractivity contribution in [3.63, 3.8) is 0 Å². The van der Waals surface area contributed by atoms with Crippen LogP contribution in [-0.4, -0.2) is 14.4 Å². The van der Waals surface area contributed by atoms with Gasteiger partial charge in [0.15, 0.2) is 0 Å². The standard InChI is InChI=1S/C24H30O3S/c25-23-13-11-19(15-21(23)17-7-3-1-4-8-17)28(27)20-12-14-24(26)22(16-20)18-9-5-2-6-10-18/h11-18,25-26H,1-10H2. The third-order valence-electron chi connectivity index (χ3n) is 6.52. The summed E-state index contributed by atoms with van der Waals surface area (Å²) in [5, 5.41) is 20.7. The van der Waals surface area contributed by atoms with E-state index in [-0.39, 0.29) is 0 Å². The van der Waals surface area contributed by atoms with Crippen molar-refractivity contribution in [1.82, 2.24) is 0 Å². The van der Waals surface area contributed by atoms with E-state index in [2.05, 4.69) is 0 Å². The smallest absolute Gasteiger partial charge is 0.119 e. The molecule has 150 valence electrons. The molecule has 0 unspecified atom stereocenters. The van der Waals surface area contributed by atoms with Crippen molar-refractivity contribution < 1.29 is 14.4 Å². The average molecular weight is 399 g/mol. The highest BCUT2D eigenvalue weighted by Crippen LogP contribution is 2.40. The molecule has 0 heterocycles. The molecule has 2 N–H and O–H groups in total. The zero-order valence-electron chi connectivity index (χ0n) is 16.4. The van der Waals surface area contributed by atoms with Gasteiger partial charge in [0.25, 0.3) is 0 Å². The Bertz CT molecular complexity index is 779. The van der Waals surface area contributed by atoms with Crippen molar-refractivity contribution in [3.8, 4) is 11.5 Å². The Hall–Kier alpha value is -1.81. The van der Waals surface area contributed by atoms with Gasteiger partial charge >= 0.3 is 0 Å². The van der Waals surface area contributed by atoms with E-state index < -0.39 is 10.8 Å². The molecule has 2 saturated carbocycles. The second-order valence-electron chi connectivity index (χ2n) is 8.38. The Morgan fingerprint density at radius 1 is 0.643 bits per heavy atom. The molecular formula is C24H30O3S. The first-order valence-electron chi connectivity index (χ1n) is 10.7. The summed E-state index contributed by atoms with van der Waals surface area (Å²) in [6, 6.07) is 10.8. The second-order valence-corrected chi connectivity index (χ2v) is 9.86. The quantitative estimate of drug-likeness (QED) is 0.630. The molecule has 0 radical (unpaired) electrons. The third kappa shape index (κ3) is 4.12. The third-order valence-corrected chi connectivity index (χ3v) is 7.88. The van der Waals surface area contributed by atoms with E-state index in [4.69, 9.17) is 0 Å². The molecule has 0 aliphatic heterocycles. The predicted molar refractivity (Wildman–Crippen MR) is 113 cm³/mol. The van der Waals surface area contributed by atoms with Gasteiger partial charge < -0.3 is 10.2 Å². The highest BCUT2D eigenvalue weighted by molar-refractivity contribution is 7.85. The summed E-state index contributed by atoms with van der Waals surface area (Å²) < 4.78 is 13.3. The molecule has 0 atom stereocenters. The number of phenols is 2. The molecule has 4 rings (SSSR count). The molecule has 4 heteroatoms. The van der Waals surface area contributed by atoms with Crippen LogP contribution in [-0.2, 0) is 10.8 Å². The average Bonchev–Trinajstić information content (AvgIpc) is 2.75. The van der Waals surface area contributed by atoms with Crippen LogP contribution in [0, 0.1) is 0 Å². The topological polar surface area (TPSA) is 57.5 Å². The molecule has 0 aromatic heterocycles. The Morgan fingerprint density at radius 2 is 1.04 bits per heavy atom. The lowest BCUT2D eigenvalue weighted by molar-refractivity contribution is 0.413. The normalized spacial score (nSPS) is 19.2. The van der Waals surface area contributed by atoms with Gasteiger partial charge in [-0.05, 0) is 85.0 Å². The van der Waals surface area contributed by atoms with Crippen LogP contribution < -0.4 is 0 Å². The Labute approximate surface area is 170 Å². The first-order chi connectivity index (χ1) is 13.6. The van der Waals surface area contributed by atoms with Crippen LogP contribution in [0.15, 0.2) is 46.2 Å². The summed E-state index contributed by atoms with van der Waals surface area (Å²) in [6.45, 7) is 0. The number of hydrogen-bond acceptors (Lipinski definition) is 3. The highest BCUT2D eigenvalue weighted by Gasteiger charge is 2.22. The molecule has 2 aliphatic rings. The summed E-state index contributed by atoms with van der Waals surface area (Å²) in [4.78, 5) is 1.47. The maximum atomic E-state index is 13.3. The summed E-state index contributed by atoms with van der Waals surface area (Å²) in [6.07, 6.45) is 11.7. The van der Waals surface area contributed by atoms with Gasteiger partial charge in [-0.3, -0.25) is 0 Å². The molecule has 2 fully saturated rings. The lowest BCUT2D eigenvalue weighted by Crippen LogP contribution is -2.07. The van der Waals surface area contributed by atoms with Gasteiger partial charge in [-0.2, -0.15) is 0 Å². The van der Waals surface area contributed by atoms with Crippen molar-refractivity contribution in [2.75, 3.05) is 0 Å². The summed E-state index contributed by atoms with van der Waals surface area (Å²) in [5.41, 5.74) is 1.88. The first-order valence-corrected chi connectivity index (χ1v) is 11.9. The van der Waals surface area contributed by atoms with E-state index in [1.807, 2.05) is 12.1 Å². The van der Waals surface area contributed by atoms with Crippen molar-refractivity contribution >= 4 is 10.8 Å². The molecule has 0 amide bonds. The summed E-state index contributed by atoms with van der Waals surface area (Å²) in [5.74, 6) is 1.37. The van der Waals surface area contributed by atoms with E-state index in [1.165, 1.54) is 38.5 Å². The molecule has 0 spiro atoms. The zero-order chi connectivity index (χ0) is 19.5. The summed E-state index contributed by atoms with van der Waals surface area (Å²) in [7, 11) is -1.31. The fraction of sp³-hybridized carbons (Fsp3) is 0.500. The van der Waals surface area contributed by atoms with Crippen LogP contribution in [0.4, 0.5) is 0 Å². The number of rotatable bonds is 4. The Kier molecular flexibility index (Phi) is 6.05. The van der Waals surface area contributed by atoms with Gasteiger partial charge in [0, 0.05) is 9.79 Å². The van der Waals surface area contributed by atoms with E-state index >= 15 is 0 Å². The van der Waals surface area contributed by atoms with Crippen LogP contribution in [0.1, 0.15) is 87.2 Å². The lowest BCUT2D eigenvalue weighted by Gasteiger charge is -2.24. The molecule has 2 aromatic carbocycles.